The van der Waals surface area contributed by atoms with Crippen LogP contribution in [0.3, 0.4) is 0 Å². The van der Waals surface area contributed by atoms with Crippen LogP contribution >= 0.6 is 11.6 Å². The van der Waals surface area contributed by atoms with Gasteiger partial charge in [0.05, 0.1) is 34.5 Å². The number of hydrogen-bond donors (Lipinski definition) is 2. The highest BCUT2D eigenvalue weighted by Gasteiger charge is 2.35. The number of carbonyl (C=O) groups excluding carboxylic acids is 1. The van der Waals surface area contributed by atoms with Crippen LogP contribution in [-0.4, -0.2) is 75.9 Å². The minimum atomic E-state index is -4.11. The first kappa shape index (κ1) is 31.7. The number of halogens is 2. The molecule has 1 aliphatic rings. The van der Waals surface area contributed by atoms with Crippen LogP contribution in [-0.2, 0) is 20.0 Å². The summed E-state index contributed by atoms with van der Waals surface area (Å²) in [7, 11) is -6.59. The average molecular weight is 640 g/mol. The van der Waals surface area contributed by atoms with Gasteiger partial charge >= 0.3 is 0 Å². The Bertz CT molecular complexity index is 1650. The highest BCUT2D eigenvalue weighted by molar-refractivity contribution is 7.92. The fraction of sp³-hybridized carbons (Fsp3) is 0.321. The number of rotatable bonds is 9. The minimum absolute atomic E-state index is 0.0229. The Balaban J connectivity index is 1.68. The molecule has 14 heteroatoms. The van der Waals surface area contributed by atoms with Crippen molar-refractivity contribution in [2.24, 2.45) is 5.92 Å². The largest absolute Gasteiger partial charge is 0.488 e. The van der Waals surface area contributed by atoms with E-state index in [1.165, 1.54) is 54.4 Å². The van der Waals surface area contributed by atoms with Crippen LogP contribution in [0.2, 0.25) is 5.02 Å². The van der Waals surface area contributed by atoms with Gasteiger partial charge in [-0.2, -0.15) is 4.31 Å². The highest BCUT2D eigenvalue weighted by Crippen LogP contribution is 2.32. The Hall–Kier alpha value is -3.23. The molecule has 1 aliphatic heterocycles. The summed E-state index contributed by atoms with van der Waals surface area (Å²) in [5, 5.41) is 10.3. The van der Waals surface area contributed by atoms with Crippen molar-refractivity contribution in [1.29, 1.82) is 0 Å². The van der Waals surface area contributed by atoms with Crippen LogP contribution in [0.25, 0.3) is 0 Å². The third kappa shape index (κ3) is 6.87. The lowest BCUT2D eigenvalue weighted by Crippen LogP contribution is -2.50. The van der Waals surface area contributed by atoms with Gasteiger partial charge in [-0.15, -0.1) is 0 Å². The Morgan fingerprint density at radius 2 is 1.69 bits per heavy atom. The number of anilines is 1. The summed E-state index contributed by atoms with van der Waals surface area (Å²) in [6.45, 7) is 3.21. The summed E-state index contributed by atoms with van der Waals surface area (Å²) in [5.74, 6) is -1.34. The molecule has 0 radical (unpaired) electrons. The second-order valence-electron chi connectivity index (χ2n) is 10.1. The van der Waals surface area contributed by atoms with E-state index >= 15 is 0 Å². The molecule has 0 saturated heterocycles. The van der Waals surface area contributed by atoms with Gasteiger partial charge in [0.2, 0.25) is 10.0 Å². The van der Waals surface area contributed by atoms with Crippen molar-refractivity contribution >= 4 is 43.2 Å². The van der Waals surface area contributed by atoms with E-state index in [1.54, 1.807) is 6.92 Å². The van der Waals surface area contributed by atoms with Gasteiger partial charge in [0.1, 0.15) is 17.7 Å². The summed E-state index contributed by atoms with van der Waals surface area (Å²) in [5.41, 5.74) is 0.0777. The lowest BCUT2D eigenvalue weighted by Gasteiger charge is -2.38. The van der Waals surface area contributed by atoms with Crippen molar-refractivity contribution in [3.63, 3.8) is 0 Å². The van der Waals surface area contributed by atoms with Crippen molar-refractivity contribution in [3.05, 3.63) is 83.1 Å². The smallest absolute Gasteiger partial charge is 0.261 e. The molecule has 0 aliphatic carbocycles. The number of aliphatic hydroxyl groups excluding tert-OH is 1. The summed E-state index contributed by atoms with van der Waals surface area (Å²) < 4.78 is 75.4. The molecule has 1 amide bonds. The van der Waals surface area contributed by atoms with E-state index in [0.29, 0.717) is 5.02 Å². The van der Waals surface area contributed by atoms with E-state index in [-0.39, 0.29) is 52.4 Å². The van der Waals surface area contributed by atoms with E-state index in [2.05, 4.69) is 4.72 Å². The molecule has 3 atom stereocenters. The molecule has 1 heterocycles. The number of ether oxygens (including phenoxy) is 1. The van der Waals surface area contributed by atoms with Gasteiger partial charge in [-0.25, -0.2) is 21.2 Å². The van der Waals surface area contributed by atoms with E-state index in [0.717, 1.165) is 28.6 Å². The third-order valence-corrected chi connectivity index (χ3v) is 10.5. The maximum atomic E-state index is 13.7. The molecule has 3 aromatic carbocycles. The summed E-state index contributed by atoms with van der Waals surface area (Å²) >= 11 is 5.91. The molecule has 0 aromatic heterocycles. The van der Waals surface area contributed by atoms with Gasteiger partial charge in [0, 0.05) is 30.2 Å². The van der Waals surface area contributed by atoms with Crippen LogP contribution in [0, 0.1) is 11.7 Å². The maximum Gasteiger partial charge on any atom is 0.261 e. The van der Waals surface area contributed by atoms with Gasteiger partial charge in [-0.3, -0.25) is 9.52 Å². The molecule has 4 rings (SSSR count). The lowest BCUT2D eigenvalue weighted by molar-refractivity contribution is 0.0387. The molecular formula is C28H31ClFN3O7S2. The maximum absolute atomic E-state index is 13.7. The third-order valence-electron chi connectivity index (χ3n) is 7.00. The minimum Gasteiger partial charge on any atom is -0.488 e. The molecule has 0 bridgehead atoms. The number of likely N-dealkylation sites (N-methyl/N-ethyl adjacent to an activating group) is 1. The Morgan fingerprint density at radius 3 is 2.31 bits per heavy atom. The van der Waals surface area contributed by atoms with E-state index in [4.69, 9.17) is 16.3 Å². The molecule has 226 valence electrons. The number of benzene rings is 3. The van der Waals surface area contributed by atoms with Crippen LogP contribution in [0.15, 0.2) is 76.5 Å². The quantitative estimate of drug-likeness (QED) is 0.364. The summed E-state index contributed by atoms with van der Waals surface area (Å²) in [6.07, 6.45) is -0.723. The SMILES string of the molecule is C[C@H](CO)N1C[C@H](C)[C@H](CN(C)S(=O)(=O)c2ccc(Cl)cc2)Oc2ccc(NS(=O)(=O)c3ccc(F)cc3)cc2C1=O. The van der Waals surface area contributed by atoms with Gasteiger partial charge < -0.3 is 14.7 Å². The number of nitrogens with one attached hydrogen (secondary N) is 1. The number of hydrogen-bond acceptors (Lipinski definition) is 7. The Labute approximate surface area is 249 Å². The molecule has 0 spiro atoms. The Kier molecular flexibility index (Phi) is 9.48. The Morgan fingerprint density at radius 1 is 1.07 bits per heavy atom. The standard InChI is InChI=1S/C28H31ClFN3O7S2/c1-18-15-33(19(2)17-34)28(35)25-14-22(31-41(36,37)23-11-6-21(30)7-12-23)8-13-26(25)40-27(18)16-32(3)42(38,39)24-9-4-20(29)5-10-24/h4-14,18-19,27,31,34H,15-17H2,1-3H3/t18-,19+,27-/m0/s1. The molecule has 0 saturated carbocycles. The normalized spacial score (nSPS) is 18.5. The zero-order chi connectivity index (χ0) is 30.8. The number of sulfonamides is 2. The molecule has 0 unspecified atom stereocenters. The molecule has 2 N–H and O–H groups in total. The summed E-state index contributed by atoms with van der Waals surface area (Å²) in [4.78, 5) is 15.0. The molecule has 0 fully saturated rings. The van der Waals surface area contributed by atoms with Crippen molar-refractivity contribution in [2.45, 2.75) is 35.8 Å². The van der Waals surface area contributed by atoms with Gasteiger partial charge in [0.25, 0.3) is 15.9 Å². The molecule has 3 aromatic rings. The topological polar surface area (TPSA) is 133 Å². The molecule has 10 nitrogen and oxygen atoms in total. The van der Waals surface area contributed by atoms with Crippen molar-refractivity contribution in [3.8, 4) is 5.75 Å². The van der Waals surface area contributed by atoms with Crippen LogP contribution in [0.5, 0.6) is 5.75 Å². The van der Waals surface area contributed by atoms with E-state index in [9.17, 15) is 31.1 Å². The number of amides is 1. The fourth-order valence-electron chi connectivity index (χ4n) is 4.47. The first-order valence-electron chi connectivity index (χ1n) is 13.0. The molecule has 42 heavy (non-hydrogen) atoms. The van der Waals surface area contributed by atoms with Crippen molar-refractivity contribution < 1.29 is 35.9 Å². The predicted molar refractivity (Wildman–Crippen MR) is 156 cm³/mol. The van der Waals surface area contributed by atoms with Gasteiger partial charge in [0.15, 0.2) is 0 Å². The zero-order valence-electron chi connectivity index (χ0n) is 23.1. The monoisotopic (exact) mass is 639 g/mol. The van der Waals surface area contributed by atoms with Crippen molar-refractivity contribution in [2.75, 3.05) is 31.5 Å². The second kappa shape index (κ2) is 12.6. The number of fused-ring (bicyclic) bond motifs is 1. The first-order chi connectivity index (χ1) is 19.7. The second-order valence-corrected chi connectivity index (χ2v) is 14.3. The van der Waals surface area contributed by atoms with Crippen LogP contribution < -0.4 is 9.46 Å². The van der Waals surface area contributed by atoms with Gasteiger partial charge in [-0.05, 0) is 73.7 Å². The number of aliphatic hydroxyl groups is 1. The first-order valence-corrected chi connectivity index (χ1v) is 16.3. The average Bonchev–Trinajstić information content (AvgIpc) is 2.95. The van der Waals surface area contributed by atoms with Gasteiger partial charge in [-0.1, -0.05) is 18.5 Å². The summed E-state index contributed by atoms with van der Waals surface area (Å²) in [6, 6.07) is 13.6. The predicted octanol–water partition coefficient (Wildman–Crippen LogP) is 3.82. The van der Waals surface area contributed by atoms with Crippen LogP contribution in [0.1, 0.15) is 24.2 Å². The van der Waals surface area contributed by atoms with Crippen molar-refractivity contribution in [1.82, 2.24) is 9.21 Å². The number of nitrogens with zero attached hydrogens (tertiary/aromatic N) is 2. The van der Waals surface area contributed by atoms with E-state index < -0.39 is 43.9 Å². The van der Waals surface area contributed by atoms with Crippen LogP contribution in [0.4, 0.5) is 10.1 Å². The highest BCUT2D eigenvalue weighted by atomic mass is 35.5. The number of carbonyl (C=O) groups is 1. The van der Waals surface area contributed by atoms with E-state index in [1.807, 2.05) is 6.92 Å². The fourth-order valence-corrected chi connectivity index (χ4v) is 6.83. The molecular weight excluding hydrogens is 609 g/mol. The zero-order valence-corrected chi connectivity index (χ0v) is 25.5. The lowest BCUT2D eigenvalue weighted by atomic mass is 9.99.